The van der Waals surface area contributed by atoms with Crippen molar-refractivity contribution in [3.05, 3.63) is 59.6 Å². The summed E-state index contributed by atoms with van der Waals surface area (Å²) in [4.78, 5) is 8.19. The fourth-order valence-electron chi connectivity index (χ4n) is 2.35. The molecule has 0 aliphatic carbocycles. The van der Waals surface area contributed by atoms with Crippen molar-refractivity contribution >= 4 is 22.7 Å². The highest BCUT2D eigenvalue weighted by atomic mass is 35.5. The first-order valence-electron chi connectivity index (χ1n) is 7.33. The van der Waals surface area contributed by atoms with Crippen LogP contribution in [-0.2, 0) is 16.8 Å². The molecule has 1 atom stereocenters. The molecule has 0 N–H and O–H groups in total. The van der Waals surface area contributed by atoms with Gasteiger partial charge in [-0.15, -0.1) is 13.2 Å². The van der Waals surface area contributed by atoms with Crippen LogP contribution in [0.2, 0.25) is 5.15 Å². The van der Waals surface area contributed by atoms with E-state index < -0.39 is 17.4 Å². The summed E-state index contributed by atoms with van der Waals surface area (Å²) in [6.07, 6.45) is -1.96. The number of halogens is 4. The van der Waals surface area contributed by atoms with Gasteiger partial charge in [-0.1, -0.05) is 28.7 Å². The molecule has 0 aliphatic heterocycles. The third kappa shape index (κ3) is 4.85. The predicted molar refractivity (Wildman–Crippen MR) is 91.1 cm³/mol. The van der Waals surface area contributed by atoms with Gasteiger partial charge in [-0.3, -0.25) is 8.78 Å². The molecule has 6 nitrogen and oxygen atoms in total. The number of hydrogen-bond donors (Lipinski definition) is 0. The fraction of sp³-hybridized carbons (Fsp3) is 0.125. The van der Waals surface area contributed by atoms with E-state index in [-0.39, 0.29) is 16.7 Å². The topological polar surface area (TPSA) is 80.1 Å². The summed E-state index contributed by atoms with van der Waals surface area (Å²) >= 11 is 3.89. The molecule has 11 heteroatoms. The molecule has 0 spiro atoms. The van der Waals surface area contributed by atoms with Crippen LogP contribution < -0.4 is 4.74 Å². The SMILES string of the molecule is O=S([O-])Cc1ccc(-n2cnc(Cl)c2-c2ccc(OC(F)(F)F)cc2)nc1. The Morgan fingerprint density at radius 3 is 2.41 bits per heavy atom. The van der Waals surface area contributed by atoms with E-state index in [9.17, 15) is 21.9 Å². The maximum atomic E-state index is 12.3. The molecule has 3 aromatic rings. The molecule has 0 amide bonds. The van der Waals surface area contributed by atoms with Crippen molar-refractivity contribution in [2.75, 3.05) is 0 Å². The second-order valence-electron chi connectivity index (χ2n) is 5.30. The van der Waals surface area contributed by atoms with Crippen molar-refractivity contribution in [2.45, 2.75) is 12.1 Å². The summed E-state index contributed by atoms with van der Waals surface area (Å²) in [7, 11) is 0. The van der Waals surface area contributed by atoms with Gasteiger partial charge in [0, 0.05) is 17.5 Å². The maximum absolute atomic E-state index is 12.3. The van der Waals surface area contributed by atoms with Crippen LogP contribution in [0.4, 0.5) is 13.2 Å². The number of rotatable bonds is 5. The van der Waals surface area contributed by atoms with Gasteiger partial charge in [0.25, 0.3) is 0 Å². The molecule has 0 saturated heterocycles. The lowest BCUT2D eigenvalue weighted by Crippen LogP contribution is -2.16. The molecule has 142 valence electrons. The number of imidazole rings is 1. The first-order valence-corrected chi connectivity index (χ1v) is 8.95. The molecule has 0 bridgehead atoms. The van der Waals surface area contributed by atoms with Crippen molar-refractivity contribution < 1.29 is 26.7 Å². The number of benzene rings is 1. The summed E-state index contributed by atoms with van der Waals surface area (Å²) in [6.45, 7) is 0. The molecule has 1 unspecified atom stereocenters. The van der Waals surface area contributed by atoms with E-state index in [0.717, 1.165) is 12.1 Å². The number of hydrogen-bond acceptors (Lipinski definition) is 5. The Hall–Kier alpha value is -2.43. The molecule has 0 radical (unpaired) electrons. The molecule has 2 aromatic heterocycles. The Kier molecular flexibility index (Phi) is 5.49. The van der Waals surface area contributed by atoms with Crippen LogP contribution in [-0.4, -0.2) is 29.7 Å². The van der Waals surface area contributed by atoms with Crippen molar-refractivity contribution in [3.63, 3.8) is 0 Å². The van der Waals surface area contributed by atoms with Gasteiger partial charge in [0.05, 0.1) is 5.69 Å². The molecule has 2 heterocycles. The third-order valence-electron chi connectivity index (χ3n) is 3.42. The Morgan fingerprint density at radius 2 is 1.85 bits per heavy atom. The second-order valence-corrected chi connectivity index (χ2v) is 6.55. The summed E-state index contributed by atoms with van der Waals surface area (Å²) in [5, 5.41) is 0.131. The van der Waals surface area contributed by atoms with Crippen LogP contribution in [0.3, 0.4) is 0 Å². The lowest BCUT2D eigenvalue weighted by atomic mass is 10.1. The van der Waals surface area contributed by atoms with E-state index in [0.29, 0.717) is 22.6 Å². The zero-order valence-electron chi connectivity index (χ0n) is 13.3. The molecule has 27 heavy (non-hydrogen) atoms. The van der Waals surface area contributed by atoms with E-state index >= 15 is 0 Å². The average Bonchev–Trinajstić information content (AvgIpc) is 2.96. The molecular formula is C16H10ClF3N3O3S-. The minimum absolute atomic E-state index is 0.131. The quantitative estimate of drug-likeness (QED) is 0.590. The summed E-state index contributed by atoms with van der Waals surface area (Å²) in [5.74, 6) is -0.104. The number of pyridine rings is 1. The standard InChI is InChI=1S/C16H11ClF3N3O3S/c17-15-14(11-2-4-12(5-3-11)26-16(18,19)20)23(9-22-15)13-6-1-10(7-21-13)8-27(24)25/h1-7,9H,8H2,(H,24,25)/p-1. The second kappa shape index (κ2) is 7.67. The Bertz CT molecular complexity index is 960. The maximum Gasteiger partial charge on any atom is 0.573 e. The third-order valence-corrected chi connectivity index (χ3v) is 4.27. The normalized spacial score (nSPS) is 12.8. The van der Waals surface area contributed by atoms with E-state index in [1.807, 2.05) is 0 Å². The molecule has 3 rings (SSSR count). The van der Waals surface area contributed by atoms with Crippen LogP contribution in [0.5, 0.6) is 5.75 Å². The Morgan fingerprint density at radius 1 is 1.15 bits per heavy atom. The van der Waals surface area contributed by atoms with Crippen LogP contribution >= 0.6 is 11.6 Å². The lowest BCUT2D eigenvalue weighted by Gasteiger charge is -2.11. The number of ether oxygens (including phenoxy) is 1. The number of nitrogens with zero attached hydrogens (tertiary/aromatic N) is 3. The fourth-order valence-corrected chi connectivity index (χ4v) is 3.04. The van der Waals surface area contributed by atoms with Crippen molar-refractivity contribution in [1.29, 1.82) is 0 Å². The first kappa shape index (κ1) is 19.3. The largest absolute Gasteiger partial charge is 0.772 e. The molecule has 1 aromatic carbocycles. The van der Waals surface area contributed by atoms with Gasteiger partial charge in [-0.25, -0.2) is 9.97 Å². The van der Waals surface area contributed by atoms with Crippen LogP contribution in [0, 0.1) is 0 Å². The predicted octanol–water partition coefficient (Wildman–Crippen LogP) is 3.87. The van der Waals surface area contributed by atoms with Gasteiger partial charge in [0.2, 0.25) is 0 Å². The average molecular weight is 417 g/mol. The molecule has 0 fully saturated rings. The van der Waals surface area contributed by atoms with Gasteiger partial charge in [-0.2, -0.15) is 0 Å². The Labute approximate surface area is 158 Å². The van der Waals surface area contributed by atoms with E-state index in [1.54, 1.807) is 16.7 Å². The molecule has 0 saturated carbocycles. The summed E-state index contributed by atoms with van der Waals surface area (Å²) < 4.78 is 63.7. The van der Waals surface area contributed by atoms with E-state index in [4.69, 9.17) is 11.6 Å². The Balaban J connectivity index is 1.92. The first-order chi connectivity index (χ1) is 12.7. The summed E-state index contributed by atoms with van der Waals surface area (Å²) in [6, 6.07) is 8.33. The van der Waals surface area contributed by atoms with Gasteiger partial charge in [0.1, 0.15) is 17.9 Å². The molecule has 0 aliphatic rings. The van der Waals surface area contributed by atoms with Crippen molar-refractivity contribution in [2.24, 2.45) is 0 Å². The zero-order valence-corrected chi connectivity index (χ0v) is 14.9. The highest BCUT2D eigenvalue weighted by Gasteiger charge is 2.31. The number of aromatic nitrogens is 3. The minimum atomic E-state index is -4.78. The van der Waals surface area contributed by atoms with Crippen LogP contribution in [0.1, 0.15) is 5.56 Å². The van der Waals surface area contributed by atoms with Crippen molar-refractivity contribution in [1.82, 2.24) is 14.5 Å². The van der Waals surface area contributed by atoms with Gasteiger partial charge < -0.3 is 9.29 Å². The minimum Gasteiger partial charge on any atom is -0.772 e. The summed E-state index contributed by atoms with van der Waals surface area (Å²) in [5.41, 5.74) is 1.43. The van der Waals surface area contributed by atoms with Crippen LogP contribution in [0.25, 0.3) is 17.1 Å². The number of alkyl halides is 3. The zero-order chi connectivity index (χ0) is 19.6. The van der Waals surface area contributed by atoms with Gasteiger partial charge in [-0.05, 0) is 35.9 Å². The van der Waals surface area contributed by atoms with Gasteiger partial charge >= 0.3 is 6.36 Å². The monoisotopic (exact) mass is 416 g/mol. The van der Waals surface area contributed by atoms with Crippen molar-refractivity contribution in [3.8, 4) is 22.8 Å². The highest BCUT2D eigenvalue weighted by Crippen LogP contribution is 2.31. The smallest absolute Gasteiger partial charge is 0.573 e. The van der Waals surface area contributed by atoms with E-state index in [1.165, 1.54) is 24.7 Å². The van der Waals surface area contributed by atoms with Gasteiger partial charge in [0.15, 0.2) is 5.15 Å². The lowest BCUT2D eigenvalue weighted by molar-refractivity contribution is -0.274. The highest BCUT2D eigenvalue weighted by molar-refractivity contribution is 7.78. The molecular weight excluding hydrogens is 407 g/mol. The van der Waals surface area contributed by atoms with Crippen LogP contribution in [0.15, 0.2) is 48.9 Å². The van der Waals surface area contributed by atoms with E-state index in [2.05, 4.69) is 14.7 Å².